The molecule has 106 valence electrons. The van der Waals surface area contributed by atoms with E-state index >= 15 is 0 Å². The fourth-order valence-electron chi connectivity index (χ4n) is 1.82. The Hall–Kier alpha value is -1.10. The Labute approximate surface area is 130 Å². The van der Waals surface area contributed by atoms with Crippen molar-refractivity contribution in [2.75, 3.05) is 6.61 Å². The summed E-state index contributed by atoms with van der Waals surface area (Å²) < 4.78 is 19.5. The first-order chi connectivity index (χ1) is 9.52. The molecule has 0 fully saturated rings. The molecular weight excluding hydrogens is 345 g/mol. The highest BCUT2D eigenvalue weighted by molar-refractivity contribution is 9.10. The van der Waals surface area contributed by atoms with Crippen LogP contribution in [0, 0.1) is 5.82 Å². The molecule has 2 aromatic carbocycles. The van der Waals surface area contributed by atoms with Crippen molar-refractivity contribution in [3.63, 3.8) is 0 Å². The van der Waals surface area contributed by atoms with Crippen LogP contribution in [-0.2, 0) is 6.42 Å². The van der Waals surface area contributed by atoms with Crippen LogP contribution in [0.2, 0.25) is 5.02 Å². The number of hydrogen-bond donors (Lipinski definition) is 1. The molecule has 0 aliphatic heterocycles. The highest BCUT2D eigenvalue weighted by Crippen LogP contribution is 2.17. The maximum atomic E-state index is 13.3. The van der Waals surface area contributed by atoms with Crippen LogP contribution in [0.4, 0.5) is 4.39 Å². The molecule has 2 N–H and O–H groups in total. The summed E-state index contributed by atoms with van der Waals surface area (Å²) in [7, 11) is 0. The van der Waals surface area contributed by atoms with Crippen molar-refractivity contribution in [1.29, 1.82) is 0 Å². The van der Waals surface area contributed by atoms with Crippen LogP contribution in [0.15, 0.2) is 46.9 Å². The van der Waals surface area contributed by atoms with Gasteiger partial charge >= 0.3 is 0 Å². The number of ether oxygens (including phenoxy) is 1. The summed E-state index contributed by atoms with van der Waals surface area (Å²) >= 11 is 9.05. The SMILES string of the molecule is NC(COc1ccc(Cl)cc1)Cc1cc(F)cc(Br)c1. The van der Waals surface area contributed by atoms with Gasteiger partial charge in [0.25, 0.3) is 0 Å². The third-order valence-corrected chi connectivity index (χ3v) is 3.41. The van der Waals surface area contributed by atoms with Crippen molar-refractivity contribution in [2.24, 2.45) is 5.73 Å². The molecule has 0 heterocycles. The molecule has 0 aromatic heterocycles. The molecule has 0 aliphatic carbocycles. The minimum Gasteiger partial charge on any atom is -0.492 e. The smallest absolute Gasteiger partial charge is 0.124 e. The molecule has 1 atom stereocenters. The van der Waals surface area contributed by atoms with Gasteiger partial charge in [-0.2, -0.15) is 0 Å². The van der Waals surface area contributed by atoms with E-state index in [4.69, 9.17) is 22.1 Å². The van der Waals surface area contributed by atoms with Gasteiger partial charge in [0.05, 0.1) is 0 Å². The first-order valence-electron chi connectivity index (χ1n) is 6.12. The summed E-state index contributed by atoms with van der Waals surface area (Å²) in [5.41, 5.74) is 6.83. The Morgan fingerprint density at radius 2 is 1.90 bits per heavy atom. The molecule has 0 saturated carbocycles. The fourth-order valence-corrected chi connectivity index (χ4v) is 2.46. The Morgan fingerprint density at radius 1 is 1.20 bits per heavy atom. The van der Waals surface area contributed by atoms with Gasteiger partial charge in [-0.15, -0.1) is 0 Å². The van der Waals surface area contributed by atoms with Gasteiger partial charge in [0.1, 0.15) is 18.2 Å². The molecule has 0 saturated heterocycles. The first kappa shape index (κ1) is 15.3. The minimum atomic E-state index is -0.278. The summed E-state index contributed by atoms with van der Waals surface area (Å²) in [5, 5.41) is 0.659. The molecule has 5 heteroatoms. The maximum absolute atomic E-state index is 13.3. The molecule has 2 nitrogen and oxygen atoms in total. The Balaban J connectivity index is 1.88. The summed E-state index contributed by atoms with van der Waals surface area (Å²) in [6.45, 7) is 0.357. The topological polar surface area (TPSA) is 35.2 Å². The quantitative estimate of drug-likeness (QED) is 0.870. The van der Waals surface area contributed by atoms with Crippen LogP contribution in [0.25, 0.3) is 0 Å². The number of nitrogens with two attached hydrogens (primary N) is 1. The van der Waals surface area contributed by atoms with Crippen LogP contribution in [0.5, 0.6) is 5.75 Å². The normalized spacial score (nSPS) is 12.2. The van der Waals surface area contributed by atoms with Gasteiger partial charge in [-0.3, -0.25) is 0 Å². The van der Waals surface area contributed by atoms with Crippen LogP contribution < -0.4 is 10.5 Å². The maximum Gasteiger partial charge on any atom is 0.124 e. The zero-order chi connectivity index (χ0) is 14.5. The second kappa shape index (κ2) is 7.07. The lowest BCUT2D eigenvalue weighted by Crippen LogP contribution is -2.30. The highest BCUT2D eigenvalue weighted by atomic mass is 79.9. The van der Waals surface area contributed by atoms with Crippen LogP contribution in [-0.4, -0.2) is 12.6 Å². The van der Waals surface area contributed by atoms with E-state index in [2.05, 4.69) is 15.9 Å². The van der Waals surface area contributed by atoms with Gasteiger partial charge in [0.15, 0.2) is 0 Å². The monoisotopic (exact) mass is 357 g/mol. The third-order valence-electron chi connectivity index (χ3n) is 2.70. The van der Waals surface area contributed by atoms with Gasteiger partial charge in [-0.1, -0.05) is 27.5 Å². The number of hydrogen-bond acceptors (Lipinski definition) is 2. The van der Waals surface area contributed by atoms with Crippen molar-refractivity contribution >= 4 is 27.5 Å². The number of rotatable bonds is 5. The summed E-state index contributed by atoms with van der Waals surface area (Å²) in [6.07, 6.45) is 0.546. The van der Waals surface area contributed by atoms with E-state index in [0.717, 1.165) is 5.56 Å². The van der Waals surface area contributed by atoms with E-state index in [1.807, 2.05) is 6.07 Å². The number of benzene rings is 2. The average molecular weight is 359 g/mol. The standard InChI is InChI=1S/C15H14BrClFNO/c16-11-5-10(6-13(18)8-11)7-14(19)9-20-15-3-1-12(17)2-4-15/h1-6,8,14H,7,9,19H2. The number of halogens is 3. The van der Waals surface area contributed by atoms with Crippen LogP contribution >= 0.6 is 27.5 Å². The predicted octanol–water partition coefficient (Wildman–Crippen LogP) is 4.19. The van der Waals surface area contributed by atoms with Gasteiger partial charge in [-0.25, -0.2) is 4.39 Å². The first-order valence-corrected chi connectivity index (χ1v) is 7.29. The van der Waals surface area contributed by atoms with E-state index in [0.29, 0.717) is 28.3 Å². The van der Waals surface area contributed by atoms with Crippen LogP contribution in [0.3, 0.4) is 0 Å². The lowest BCUT2D eigenvalue weighted by Gasteiger charge is -2.13. The van der Waals surface area contributed by atoms with Gasteiger partial charge in [0, 0.05) is 15.5 Å². The van der Waals surface area contributed by atoms with Gasteiger partial charge in [-0.05, 0) is 54.4 Å². The summed E-state index contributed by atoms with van der Waals surface area (Å²) in [5.74, 6) is 0.436. The molecule has 2 rings (SSSR count). The second-order valence-electron chi connectivity index (χ2n) is 4.51. The molecule has 20 heavy (non-hydrogen) atoms. The van der Waals surface area contributed by atoms with E-state index in [-0.39, 0.29) is 11.9 Å². The van der Waals surface area contributed by atoms with Crippen molar-refractivity contribution in [3.8, 4) is 5.75 Å². The van der Waals surface area contributed by atoms with E-state index in [1.54, 1.807) is 24.3 Å². The molecule has 0 bridgehead atoms. The molecule has 0 spiro atoms. The van der Waals surface area contributed by atoms with Crippen molar-refractivity contribution in [1.82, 2.24) is 0 Å². The average Bonchev–Trinajstić information content (AvgIpc) is 2.37. The molecule has 1 unspecified atom stereocenters. The minimum absolute atomic E-state index is 0.209. The van der Waals surface area contributed by atoms with Gasteiger partial charge in [0.2, 0.25) is 0 Å². The Kier molecular flexibility index (Phi) is 5.40. The second-order valence-corrected chi connectivity index (χ2v) is 5.86. The Morgan fingerprint density at radius 3 is 2.55 bits per heavy atom. The van der Waals surface area contributed by atoms with E-state index < -0.39 is 0 Å². The van der Waals surface area contributed by atoms with E-state index in [9.17, 15) is 4.39 Å². The molecule has 0 amide bonds. The lowest BCUT2D eigenvalue weighted by molar-refractivity contribution is 0.287. The molecule has 2 aromatic rings. The van der Waals surface area contributed by atoms with Crippen LogP contribution in [0.1, 0.15) is 5.56 Å². The lowest BCUT2D eigenvalue weighted by atomic mass is 10.1. The molecule has 0 aliphatic rings. The third kappa shape index (κ3) is 4.78. The van der Waals surface area contributed by atoms with E-state index in [1.165, 1.54) is 12.1 Å². The zero-order valence-corrected chi connectivity index (χ0v) is 13.0. The molecule has 0 radical (unpaired) electrons. The predicted molar refractivity (Wildman–Crippen MR) is 82.7 cm³/mol. The highest BCUT2D eigenvalue weighted by Gasteiger charge is 2.07. The summed E-state index contributed by atoms with van der Waals surface area (Å²) in [6, 6.07) is 11.6. The van der Waals surface area contributed by atoms with Crippen molar-refractivity contribution in [3.05, 3.63) is 63.3 Å². The fraction of sp³-hybridized carbons (Fsp3) is 0.200. The largest absolute Gasteiger partial charge is 0.492 e. The van der Waals surface area contributed by atoms with Crippen molar-refractivity contribution < 1.29 is 9.13 Å². The Bertz CT molecular complexity index is 556. The zero-order valence-electron chi connectivity index (χ0n) is 10.7. The summed E-state index contributed by atoms with van der Waals surface area (Å²) in [4.78, 5) is 0. The van der Waals surface area contributed by atoms with Crippen molar-refractivity contribution in [2.45, 2.75) is 12.5 Å². The molecular formula is C15H14BrClFNO. The van der Waals surface area contributed by atoms with Gasteiger partial charge < -0.3 is 10.5 Å².